The van der Waals surface area contributed by atoms with Gasteiger partial charge in [-0.05, 0) is 48.8 Å². The summed E-state index contributed by atoms with van der Waals surface area (Å²) >= 11 is 0. The fourth-order valence-corrected chi connectivity index (χ4v) is 2.49. The summed E-state index contributed by atoms with van der Waals surface area (Å²) in [7, 11) is 0. The number of rotatable bonds is 2. The fraction of sp³-hybridized carbons (Fsp3) is 0.462. The minimum absolute atomic E-state index is 0.413. The van der Waals surface area contributed by atoms with Gasteiger partial charge in [0.05, 0.1) is 6.04 Å². The van der Waals surface area contributed by atoms with Crippen LogP contribution < -0.4 is 5.32 Å². The number of piperidine rings is 1. The molecule has 0 atom stereocenters. The molecule has 1 N–H and O–H groups in total. The fourth-order valence-electron chi connectivity index (χ4n) is 2.49. The van der Waals surface area contributed by atoms with Crippen LogP contribution in [0.3, 0.4) is 0 Å². The molecular formula is C13H17N5. The minimum Gasteiger partial charge on any atom is -0.317 e. The minimum atomic E-state index is 0.413. The lowest BCUT2D eigenvalue weighted by Gasteiger charge is -2.23. The molecule has 0 aliphatic carbocycles. The Labute approximate surface area is 106 Å². The first-order chi connectivity index (χ1) is 8.86. The monoisotopic (exact) mass is 243 g/mol. The number of aromatic nitrogens is 4. The SMILES string of the molecule is Cc1ccccc1-c1nnnn1C1CCNCC1. The molecule has 0 spiro atoms. The van der Waals surface area contributed by atoms with Gasteiger partial charge in [0.15, 0.2) is 5.82 Å². The highest BCUT2D eigenvalue weighted by atomic mass is 15.5. The van der Waals surface area contributed by atoms with Crippen molar-refractivity contribution in [3.63, 3.8) is 0 Å². The van der Waals surface area contributed by atoms with Gasteiger partial charge in [-0.15, -0.1) is 5.10 Å². The van der Waals surface area contributed by atoms with Crippen LogP contribution in [0.15, 0.2) is 24.3 Å². The lowest BCUT2D eigenvalue weighted by atomic mass is 10.1. The van der Waals surface area contributed by atoms with Crippen LogP contribution in [0.4, 0.5) is 0 Å². The largest absolute Gasteiger partial charge is 0.317 e. The standard InChI is InChI=1S/C13H17N5/c1-10-4-2-3-5-12(10)13-15-16-17-18(13)11-6-8-14-9-7-11/h2-5,11,14H,6-9H2,1H3. The highest BCUT2D eigenvalue weighted by molar-refractivity contribution is 5.59. The number of nitrogens with one attached hydrogen (secondary N) is 1. The molecule has 1 aliphatic rings. The zero-order chi connectivity index (χ0) is 12.4. The first-order valence-electron chi connectivity index (χ1n) is 6.41. The molecule has 0 unspecified atom stereocenters. The lowest BCUT2D eigenvalue weighted by molar-refractivity contribution is 0.340. The van der Waals surface area contributed by atoms with E-state index in [0.29, 0.717) is 6.04 Å². The molecule has 0 saturated carbocycles. The number of hydrogen-bond acceptors (Lipinski definition) is 4. The third kappa shape index (κ3) is 2.01. The highest BCUT2D eigenvalue weighted by Crippen LogP contribution is 2.25. The zero-order valence-electron chi connectivity index (χ0n) is 10.5. The van der Waals surface area contributed by atoms with Crippen LogP contribution >= 0.6 is 0 Å². The Morgan fingerprint density at radius 3 is 2.78 bits per heavy atom. The van der Waals surface area contributed by atoms with Crippen LogP contribution in [0.1, 0.15) is 24.4 Å². The van der Waals surface area contributed by atoms with Gasteiger partial charge in [0.25, 0.3) is 0 Å². The number of hydrogen-bond donors (Lipinski definition) is 1. The second-order valence-corrected chi connectivity index (χ2v) is 4.74. The van der Waals surface area contributed by atoms with E-state index in [2.05, 4.69) is 39.9 Å². The topological polar surface area (TPSA) is 55.6 Å². The normalized spacial score (nSPS) is 16.9. The van der Waals surface area contributed by atoms with Gasteiger partial charge in [-0.1, -0.05) is 24.3 Å². The van der Waals surface area contributed by atoms with Crippen LogP contribution in [0.25, 0.3) is 11.4 Å². The first kappa shape index (κ1) is 11.3. The summed E-state index contributed by atoms with van der Waals surface area (Å²) < 4.78 is 1.99. The maximum atomic E-state index is 4.20. The molecule has 1 fully saturated rings. The second kappa shape index (κ2) is 4.86. The van der Waals surface area contributed by atoms with Crippen molar-refractivity contribution in [2.45, 2.75) is 25.8 Å². The molecular weight excluding hydrogens is 226 g/mol. The van der Waals surface area contributed by atoms with E-state index in [4.69, 9.17) is 0 Å². The summed E-state index contributed by atoms with van der Waals surface area (Å²) in [4.78, 5) is 0. The molecule has 94 valence electrons. The molecule has 1 aliphatic heterocycles. The van der Waals surface area contributed by atoms with Crippen molar-refractivity contribution in [1.82, 2.24) is 25.5 Å². The summed E-state index contributed by atoms with van der Waals surface area (Å²) in [6.07, 6.45) is 2.17. The van der Waals surface area contributed by atoms with Gasteiger partial charge in [-0.3, -0.25) is 0 Å². The van der Waals surface area contributed by atoms with Gasteiger partial charge in [-0.2, -0.15) is 0 Å². The predicted octanol–water partition coefficient (Wildman–Crippen LogP) is 1.57. The van der Waals surface area contributed by atoms with Crippen LogP contribution in [0, 0.1) is 6.92 Å². The van der Waals surface area contributed by atoms with Crippen molar-refractivity contribution in [2.24, 2.45) is 0 Å². The Balaban J connectivity index is 1.98. The third-order valence-electron chi connectivity index (χ3n) is 3.53. The van der Waals surface area contributed by atoms with E-state index in [1.165, 1.54) is 5.56 Å². The Morgan fingerprint density at radius 2 is 2.00 bits per heavy atom. The average molecular weight is 243 g/mol. The molecule has 2 heterocycles. The number of tetrazole rings is 1. The second-order valence-electron chi connectivity index (χ2n) is 4.74. The van der Waals surface area contributed by atoms with Crippen molar-refractivity contribution < 1.29 is 0 Å². The lowest BCUT2D eigenvalue weighted by Crippen LogP contribution is -2.30. The molecule has 1 aromatic heterocycles. The quantitative estimate of drug-likeness (QED) is 0.870. The Hall–Kier alpha value is -1.75. The third-order valence-corrected chi connectivity index (χ3v) is 3.53. The van der Waals surface area contributed by atoms with E-state index in [1.807, 2.05) is 16.8 Å². The van der Waals surface area contributed by atoms with Gasteiger partial charge < -0.3 is 5.32 Å². The Bertz CT molecular complexity index is 528. The predicted molar refractivity (Wildman–Crippen MR) is 69.1 cm³/mol. The van der Waals surface area contributed by atoms with E-state index >= 15 is 0 Å². The Morgan fingerprint density at radius 1 is 1.22 bits per heavy atom. The van der Waals surface area contributed by atoms with Crippen LogP contribution in [-0.4, -0.2) is 33.3 Å². The van der Waals surface area contributed by atoms with Crippen molar-refractivity contribution in [2.75, 3.05) is 13.1 Å². The van der Waals surface area contributed by atoms with Crippen LogP contribution in [0.2, 0.25) is 0 Å². The molecule has 0 amide bonds. The van der Waals surface area contributed by atoms with Crippen molar-refractivity contribution in [1.29, 1.82) is 0 Å². The Kier molecular flexibility index (Phi) is 3.06. The van der Waals surface area contributed by atoms with Gasteiger partial charge in [0.1, 0.15) is 0 Å². The zero-order valence-corrected chi connectivity index (χ0v) is 10.5. The van der Waals surface area contributed by atoms with Gasteiger partial charge in [0, 0.05) is 5.56 Å². The molecule has 5 heteroatoms. The average Bonchev–Trinajstić information content (AvgIpc) is 2.89. The van der Waals surface area contributed by atoms with Gasteiger partial charge >= 0.3 is 0 Å². The van der Waals surface area contributed by atoms with Crippen molar-refractivity contribution >= 4 is 0 Å². The maximum absolute atomic E-state index is 4.20. The van der Waals surface area contributed by atoms with E-state index in [1.54, 1.807) is 0 Å². The van der Waals surface area contributed by atoms with Gasteiger partial charge in [0.2, 0.25) is 0 Å². The van der Waals surface area contributed by atoms with Crippen molar-refractivity contribution in [3.8, 4) is 11.4 Å². The molecule has 18 heavy (non-hydrogen) atoms. The molecule has 5 nitrogen and oxygen atoms in total. The molecule has 0 bridgehead atoms. The maximum Gasteiger partial charge on any atom is 0.182 e. The number of aryl methyl sites for hydroxylation is 1. The van der Waals surface area contributed by atoms with Crippen molar-refractivity contribution in [3.05, 3.63) is 29.8 Å². The van der Waals surface area contributed by atoms with E-state index in [0.717, 1.165) is 37.3 Å². The molecule has 1 saturated heterocycles. The van der Waals surface area contributed by atoms with E-state index in [-0.39, 0.29) is 0 Å². The highest BCUT2D eigenvalue weighted by Gasteiger charge is 2.21. The van der Waals surface area contributed by atoms with E-state index in [9.17, 15) is 0 Å². The molecule has 1 aromatic carbocycles. The summed E-state index contributed by atoms with van der Waals surface area (Å²) in [6, 6.07) is 8.66. The molecule has 0 radical (unpaired) electrons. The number of benzene rings is 1. The van der Waals surface area contributed by atoms with Crippen LogP contribution in [-0.2, 0) is 0 Å². The summed E-state index contributed by atoms with van der Waals surface area (Å²) in [5, 5.41) is 15.6. The molecule has 2 aromatic rings. The number of nitrogens with zero attached hydrogens (tertiary/aromatic N) is 4. The smallest absolute Gasteiger partial charge is 0.182 e. The first-order valence-corrected chi connectivity index (χ1v) is 6.41. The van der Waals surface area contributed by atoms with E-state index < -0.39 is 0 Å². The molecule has 3 rings (SSSR count). The van der Waals surface area contributed by atoms with Gasteiger partial charge in [-0.25, -0.2) is 4.68 Å². The van der Waals surface area contributed by atoms with Crippen LogP contribution in [0.5, 0.6) is 0 Å². The summed E-state index contributed by atoms with van der Waals surface area (Å²) in [6.45, 7) is 4.17. The summed E-state index contributed by atoms with van der Waals surface area (Å²) in [5.74, 6) is 0.889. The summed E-state index contributed by atoms with van der Waals surface area (Å²) in [5.41, 5.74) is 2.34.